The number of anilines is 2. The number of hydrogen-bond acceptors (Lipinski definition) is 7. The Balaban J connectivity index is 1.59. The molecule has 0 bridgehead atoms. The molecule has 0 atom stereocenters. The van der Waals surface area contributed by atoms with Crippen LogP contribution in [0.25, 0.3) is 0 Å². The highest BCUT2D eigenvalue weighted by Crippen LogP contribution is 2.25. The number of aromatic nitrogens is 1. The molecule has 0 unspecified atom stereocenters. The van der Waals surface area contributed by atoms with Crippen molar-refractivity contribution in [3.05, 3.63) is 41.9 Å². The van der Waals surface area contributed by atoms with Gasteiger partial charge in [0.15, 0.2) is 10.3 Å². The third kappa shape index (κ3) is 4.43. The second kappa shape index (κ2) is 7.90. The number of hydrogen-bond donors (Lipinski definition) is 2. The first-order valence-corrected chi connectivity index (χ1v) is 9.06. The Morgan fingerprint density at radius 1 is 1.24 bits per heavy atom. The van der Waals surface area contributed by atoms with Crippen molar-refractivity contribution < 1.29 is 14.4 Å². The highest BCUT2D eigenvalue weighted by molar-refractivity contribution is 8.15. The molecule has 25 heavy (non-hydrogen) atoms. The number of thiazole rings is 1. The van der Waals surface area contributed by atoms with Crippen LogP contribution in [0.3, 0.4) is 0 Å². The largest absolute Gasteiger partial charge is 0.302 e. The van der Waals surface area contributed by atoms with Crippen LogP contribution < -0.4 is 15.6 Å². The summed E-state index contributed by atoms with van der Waals surface area (Å²) in [7, 11) is 0. The number of carbonyl (C=O) groups excluding carboxylic acids is 3. The van der Waals surface area contributed by atoms with Crippen LogP contribution in [0.5, 0.6) is 0 Å². The average molecular weight is 375 g/mol. The summed E-state index contributed by atoms with van der Waals surface area (Å²) in [4.78, 5) is 40.9. The predicted molar refractivity (Wildman–Crippen MR) is 97.3 cm³/mol. The van der Waals surface area contributed by atoms with Gasteiger partial charge in [0.25, 0.3) is 0 Å². The lowest BCUT2D eigenvalue weighted by Crippen LogP contribution is -2.32. The number of nitrogens with zero attached hydrogens (tertiary/aromatic N) is 3. The Bertz CT molecular complexity index is 808. The number of amides is 3. The van der Waals surface area contributed by atoms with Gasteiger partial charge in [0, 0.05) is 11.6 Å². The zero-order valence-corrected chi connectivity index (χ0v) is 14.5. The van der Waals surface area contributed by atoms with Crippen LogP contribution in [0.2, 0.25) is 0 Å². The third-order valence-electron chi connectivity index (χ3n) is 3.06. The fourth-order valence-electron chi connectivity index (χ4n) is 2.02. The maximum Gasteiger partial charge on any atom is 0.249 e. The second-order valence-electron chi connectivity index (χ2n) is 4.84. The fraction of sp³-hybridized carbons (Fsp3) is 0.133. The monoisotopic (exact) mass is 375 g/mol. The van der Waals surface area contributed by atoms with Gasteiger partial charge in [0.2, 0.25) is 17.7 Å². The summed E-state index contributed by atoms with van der Waals surface area (Å²) in [5.74, 6) is -0.934. The molecule has 3 rings (SSSR count). The molecule has 128 valence electrons. The van der Waals surface area contributed by atoms with E-state index < -0.39 is 11.8 Å². The minimum Gasteiger partial charge on any atom is -0.302 e. The van der Waals surface area contributed by atoms with Crippen LogP contribution in [0.15, 0.2) is 47.0 Å². The molecule has 2 heterocycles. The predicted octanol–water partition coefficient (Wildman–Crippen LogP) is 1.64. The van der Waals surface area contributed by atoms with Crippen molar-refractivity contribution in [1.82, 2.24) is 10.4 Å². The molecule has 1 aliphatic heterocycles. The van der Waals surface area contributed by atoms with Crippen molar-refractivity contribution in [2.75, 3.05) is 16.0 Å². The molecule has 10 heteroatoms. The van der Waals surface area contributed by atoms with E-state index in [0.29, 0.717) is 16.0 Å². The average Bonchev–Trinajstić information content (AvgIpc) is 3.23. The van der Waals surface area contributed by atoms with E-state index in [1.807, 2.05) is 18.2 Å². The lowest BCUT2D eigenvalue weighted by molar-refractivity contribution is -0.126. The topological polar surface area (TPSA) is 104 Å². The molecule has 1 aromatic carbocycles. The van der Waals surface area contributed by atoms with Gasteiger partial charge in [-0.1, -0.05) is 30.0 Å². The van der Waals surface area contributed by atoms with E-state index >= 15 is 0 Å². The van der Waals surface area contributed by atoms with Crippen LogP contribution in [-0.2, 0) is 14.4 Å². The number of hydrazone groups is 1. The molecule has 1 fully saturated rings. The minimum absolute atomic E-state index is 0.120. The third-order valence-corrected chi connectivity index (χ3v) is 4.67. The van der Waals surface area contributed by atoms with Crippen molar-refractivity contribution in [3.63, 3.8) is 0 Å². The number of thioether (sulfide) groups is 1. The summed E-state index contributed by atoms with van der Waals surface area (Å²) in [5.41, 5.74) is 2.99. The van der Waals surface area contributed by atoms with E-state index in [-0.39, 0.29) is 18.1 Å². The van der Waals surface area contributed by atoms with Gasteiger partial charge in [-0.2, -0.15) is 0 Å². The SMILES string of the molecule is O=C(CC(=O)Nc1nccs1)N/N=C1\SCC(=O)N1c1ccccc1. The number of nitrogens with one attached hydrogen (secondary N) is 2. The van der Waals surface area contributed by atoms with Gasteiger partial charge in [0.05, 0.1) is 11.4 Å². The number of para-hydroxylation sites is 1. The van der Waals surface area contributed by atoms with Crippen LogP contribution in [-0.4, -0.2) is 33.6 Å². The van der Waals surface area contributed by atoms with E-state index in [9.17, 15) is 14.4 Å². The molecule has 0 spiro atoms. The molecular weight excluding hydrogens is 362 g/mol. The first-order chi connectivity index (χ1) is 12.1. The smallest absolute Gasteiger partial charge is 0.249 e. The van der Waals surface area contributed by atoms with Crippen LogP contribution >= 0.6 is 23.1 Å². The van der Waals surface area contributed by atoms with Gasteiger partial charge < -0.3 is 5.32 Å². The summed E-state index contributed by atoms with van der Waals surface area (Å²) in [6.45, 7) is 0. The van der Waals surface area contributed by atoms with Gasteiger partial charge >= 0.3 is 0 Å². The molecule has 8 nitrogen and oxygen atoms in total. The number of benzene rings is 1. The molecule has 0 aliphatic carbocycles. The first-order valence-electron chi connectivity index (χ1n) is 7.20. The van der Waals surface area contributed by atoms with Crippen molar-refractivity contribution in [1.29, 1.82) is 0 Å². The van der Waals surface area contributed by atoms with Crippen LogP contribution in [0, 0.1) is 0 Å². The maximum atomic E-state index is 12.0. The van der Waals surface area contributed by atoms with Gasteiger partial charge in [-0.3, -0.25) is 19.3 Å². The molecule has 2 aromatic rings. The lowest BCUT2D eigenvalue weighted by Gasteiger charge is -2.15. The Kier molecular flexibility index (Phi) is 5.41. The Morgan fingerprint density at radius 2 is 2.04 bits per heavy atom. The summed E-state index contributed by atoms with van der Waals surface area (Å²) >= 11 is 2.48. The minimum atomic E-state index is -0.575. The first kappa shape index (κ1) is 17.1. The lowest BCUT2D eigenvalue weighted by atomic mass is 10.3. The van der Waals surface area contributed by atoms with Gasteiger partial charge in [-0.25, -0.2) is 10.4 Å². The zero-order chi connectivity index (χ0) is 17.6. The van der Waals surface area contributed by atoms with E-state index in [2.05, 4.69) is 20.8 Å². The van der Waals surface area contributed by atoms with E-state index in [1.54, 1.807) is 23.7 Å². The molecule has 1 saturated heterocycles. The molecular formula is C15H13N5O3S2. The van der Waals surface area contributed by atoms with E-state index in [0.717, 1.165) is 0 Å². The molecule has 0 radical (unpaired) electrons. The molecule has 1 aliphatic rings. The van der Waals surface area contributed by atoms with Crippen molar-refractivity contribution >= 4 is 56.8 Å². The number of carbonyl (C=O) groups is 3. The van der Waals surface area contributed by atoms with E-state index in [4.69, 9.17) is 0 Å². The van der Waals surface area contributed by atoms with Crippen molar-refractivity contribution in [3.8, 4) is 0 Å². The normalized spacial score (nSPS) is 15.4. The Morgan fingerprint density at radius 3 is 2.76 bits per heavy atom. The summed E-state index contributed by atoms with van der Waals surface area (Å²) in [5, 5.41) is 8.99. The van der Waals surface area contributed by atoms with Crippen molar-refractivity contribution in [2.24, 2.45) is 5.10 Å². The highest BCUT2D eigenvalue weighted by atomic mass is 32.2. The standard InChI is InChI=1S/C15H13N5O3S2/c21-11(17-14-16-6-7-24-14)8-12(22)18-19-15-20(13(23)9-25-15)10-4-2-1-3-5-10/h1-7H,8-9H2,(H,18,22)(H,16,17,21)/b19-15-. The Labute approximate surface area is 151 Å². The fourth-order valence-corrected chi connectivity index (χ4v) is 3.39. The Hall–Kier alpha value is -2.72. The molecule has 2 N–H and O–H groups in total. The summed E-state index contributed by atoms with van der Waals surface area (Å²) in [6.07, 6.45) is 1.17. The number of rotatable bonds is 5. The van der Waals surface area contributed by atoms with Crippen LogP contribution in [0.1, 0.15) is 6.42 Å². The molecule has 0 saturated carbocycles. The van der Waals surface area contributed by atoms with Gasteiger partial charge in [-0.05, 0) is 12.1 Å². The molecule has 1 aromatic heterocycles. The highest BCUT2D eigenvalue weighted by Gasteiger charge is 2.29. The quantitative estimate of drug-likeness (QED) is 0.611. The summed E-state index contributed by atoms with van der Waals surface area (Å²) < 4.78 is 0. The zero-order valence-electron chi connectivity index (χ0n) is 12.8. The van der Waals surface area contributed by atoms with E-state index in [1.165, 1.54) is 28.0 Å². The van der Waals surface area contributed by atoms with Gasteiger partial charge in [0.1, 0.15) is 6.42 Å². The van der Waals surface area contributed by atoms with Crippen molar-refractivity contribution in [2.45, 2.75) is 6.42 Å². The van der Waals surface area contributed by atoms with Gasteiger partial charge in [-0.15, -0.1) is 16.4 Å². The molecule has 3 amide bonds. The summed E-state index contributed by atoms with van der Waals surface area (Å²) in [6, 6.07) is 9.03. The van der Waals surface area contributed by atoms with Crippen LogP contribution in [0.4, 0.5) is 10.8 Å². The second-order valence-corrected chi connectivity index (χ2v) is 6.68. The number of amidine groups is 1. The maximum absolute atomic E-state index is 12.0.